The third-order valence-corrected chi connectivity index (χ3v) is 5.53. The molecule has 0 unspecified atom stereocenters. The highest BCUT2D eigenvalue weighted by Gasteiger charge is 2.36. The molecule has 194 valence electrons. The minimum absolute atomic E-state index is 0.0429. The molecule has 0 spiro atoms. The van der Waals surface area contributed by atoms with Crippen LogP contribution in [0.4, 0.5) is 16.2 Å². The second kappa shape index (κ2) is 11.5. The summed E-state index contributed by atoms with van der Waals surface area (Å²) in [6.07, 6.45) is 1.32. The smallest absolute Gasteiger partial charge is 0.335 e. The van der Waals surface area contributed by atoms with Gasteiger partial charge in [-0.3, -0.25) is 19.7 Å². The van der Waals surface area contributed by atoms with Gasteiger partial charge < -0.3 is 19.9 Å². The maximum Gasteiger partial charge on any atom is 0.335 e. The summed E-state index contributed by atoms with van der Waals surface area (Å²) in [6.45, 7) is 1.76. The van der Waals surface area contributed by atoms with Gasteiger partial charge >= 0.3 is 6.03 Å². The predicted molar refractivity (Wildman–Crippen MR) is 140 cm³/mol. The number of aromatic hydroxyl groups is 1. The maximum atomic E-state index is 13.1. The molecule has 0 aliphatic carbocycles. The van der Waals surface area contributed by atoms with Gasteiger partial charge in [0.1, 0.15) is 11.3 Å². The number of carbonyl (C=O) groups excluding carboxylic acids is 4. The average Bonchev–Trinajstić information content (AvgIpc) is 2.88. The van der Waals surface area contributed by atoms with Gasteiger partial charge in [0.15, 0.2) is 18.1 Å². The molecule has 0 saturated carbocycles. The molecule has 11 heteroatoms. The van der Waals surface area contributed by atoms with Gasteiger partial charge in [-0.1, -0.05) is 17.7 Å². The first-order chi connectivity index (χ1) is 18.2. The Morgan fingerprint density at radius 1 is 1.00 bits per heavy atom. The average molecular weight is 536 g/mol. The summed E-state index contributed by atoms with van der Waals surface area (Å²) in [6, 6.07) is 15.8. The second-order valence-electron chi connectivity index (χ2n) is 7.96. The number of ether oxygens (including phenoxy) is 2. The number of hydrogen-bond donors (Lipinski definition) is 3. The molecule has 4 rings (SSSR count). The van der Waals surface area contributed by atoms with Crippen LogP contribution in [-0.2, 0) is 14.4 Å². The van der Waals surface area contributed by atoms with Crippen LogP contribution in [0.5, 0.6) is 17.2 Å². The molecule has 3 aromatic carbocycles. The highest BCUT2D eigenvalue weighted by atomic mass is 35.5. The van der Waals surface area contributed by atoms with Crippen LogP contribution >= 0.6 is 11.6 Å². The van der Waals surface area contributed by atoms with Crippen molar-refractivity contribution in [1.82, 2.24) is 5.32 Å². The number of amides is 5. The van der Waals surface area contributed by atoms with Crippen LogP contribution in [0.3, 0.4) is 0 Å². The normalized spacial score (nSPS) is 14.3. The van der Waals surface area contributed by atoms with Gasteiger partial charge in [0, 0.05) is 10.7 Å². The molecule has 0 atom stereocenters. The van der Waals surface area contributed by atoms with Gasteiger partial charge in [-0.15, -0.1) is 0 Å². The summed E-state index contributed by atoms with van der Waals surface area (Å²) >= 11 is 5.85. The zero-order valence-electron chi connectivity index (χ0n) is 20.1. The largest absolute Gasteiger partial charge is 0.508 e. The molecular weight excluding hydrogens is 514 g/mol. The fourth-order valence-corrected chi connectivity index (χ4v) is 3.66. The van der Waals surface area contributed by atoms with E-state index in [1.807, 2.05) is 0 Å². The second-order valence-corrected chi connectivity index (χ2v) is 8.39. The minimum atomic E-state index is -0.904. The van der Waals surface area contributed by atoms with Crippen molar-refractivity contribution in [2.45, 2.75) is 6.92 Å². The van der Waals surface area contributed by atoms with Crippen molar-refractivity contribution in [3.8, 4) is 17.2 Å². The lowest BCUT2D eigenvalue weighted by molar-refractivity contribution is -0.122. The van der Waals surface area contributed by atoms with E-state index in [-0.39, 0.29) is 41.7 Å². The lowest BCUT2D eigenvalue weighted by atomic mass is 10.1. The fraction of sp³-hybridized carbons (Fsp3) is 0.111. The Bertz CT molecular complexity index is 1420. The highest BCUT2D eigenvalue weighted by molar-refractivity contribution is 6.39. The first-order valence-corrected chi connectivity index (χ1v) is 11.8. The quantitative estimate of drug-likeness (QED) is 0.291. The topological polar surface area (TPSA) is 134 Å². The number of nitrogens with one attached hydrogen (secondary N) is 2. The molecule has 0 aromatic heterocycles. The minimum Gasteiger partial charge on any atom is -0.508 e. The number of hydrogen-bond acceptors (Lipinski definition) is 7. The van der Waals surface area contributed by atoms with Crippen molar-refractivity contribution >= 4 is 52.8 Å². The van der Waals surface area contributed by atoms with Crippen molar-refractivity contribution in [2.75, 3.05) is 23.4 Å². The number of barbiturate groups is 1. The number of anilines is 2. The number of nitrogens with zero attached hydrogens (tertiary/aromatic N) is 1. The van der Waals surface area contributed by atoms with E-state index in [2.05, 4.69) is 10.6 Å². The van der Waals surface area contributed by atoms with E-state index in [1.165, 1.54) is 30.3 Å². The maximum absolute atomic E-state index is 13.1. The van der Waals surface area contributed by atoms with E-state index in [0.717, 1.165) is 4.90 Å². The van der Waals surface area contributed by atoms with Gasteiger partial charge in [-0.2, -0.15) is 0 Å². The third kappa shape index (κ3) is 6.11. The van der Waals surface area contributed by atoms with Gasteiger partial charge in [0.2, 0.25) is 0 Å². The summed E-state index contributed by atoms with van der Waals surface area (Å²) in [5.74, 6) is -1.56. The van der Waals surface area contributed by atoms with Crippen LogP contribution in [0.25, 0.3) is 6.08 Å². The molecule has 1 aliphatic rings. The SMILES string of the molecule is CCOc1cc(/C=C2\C(=O)NC(=O)N(c3ccc(O)cc3)C2=O)ccc1OCC(=O)Nc1ccc(Cl)cc1. The number of rotatable bonds is 8. The van der Waals surface area contributed by atoms with E-state index in [4.69, 9.17) is 21.1 Å². The van der Waals surface area contributed by atoms with Crippen LogP contribution in [0.15, 0.2) is 72.3 Å². The number of benzene rings is 3. The standard InChI is InChI=1S/C27H22ClN3O7/c1-2-37-23-14-16(3-12-22(23)38-15-24(33)29-18-6-4-17(28)5-7-18)13-21-25(34)30-27(36)31(26(21)35)19-8-10-20(32)11-9-19/h3-14,32H,2,15H2,1H3,(H,29,33)(H,30,34,36)/b21-13+. The van der Waals surface area contributed by atoms with E-state index in [1.54, 1.807) is 49.4 Å². The molecule has 0 bridgehead atoms. The number of halogens is 1. The number of phenols is 1. The Morgan fingerprint density at radius 3 is 2.39 bits per heavy atom. The van der Waals surface area contributed by atoms with Crippen molar-refractivity contribution in [2.24, 2.45) is 0 Å². The molecule has 1 fully saturated rings. The highest BCUT2D eigenvalue weighted by Crippen LogP contribution is 2.30. The van der Waals surface area contributed by atoms with Gasteiger partial charge in [-0.25, -0.2) is 9.69 Å². The van der Waals surface area contributed by atoms with Crippen molar-refractivity contribution in [1.29, 1.82) is 0 Å². The fourth-order valence-electron chi connectivity index (χ4n) is 3.54. The summed E-state index contributed by atoms with van der Waals surface area (Å²) in [7, 11) is 0. The first kappa shape index (κ1) is 26.2. The molecule has 5 amide bonds. The number of carbonyl (C=O) groups is 4. The Labute approximate surface area is 222 Å². The van der Waals surface area contributed by atoms with Gasteiger partial charge in [0.25, 0.3) is 17.7 Å². The number of phenolic OH excluding ortho intramolecular Hbond substituents is 1. The van der Waals surface area contributed by atoms with E-state index >= 15 is 0 Å². The van der Waals surface area contributed by atoms with E-state index in [0.29, 0.717) is 16.3 Å². The molecule has 38 heavy (non-hydrogen) atoms. The Hall–Kier alpha value is -4.83. The molecule has 10 nitrogen and oxygen atoms in total. The molecule has 0 radical (unpaired) electrons. The lowest BCUT2D eigenvalue weighted by Gasteiger charge is -2.26. The monoisotopic (exact) mass is 535 g/mol. The summed E-state index contributed by atoms with van der Waals surface area (Å²) in [5.41, 5.74) is 0.880. The Balaban J connectivity index is 1.52. The van der Waals surface area contributed by atoms with Crippen LogP contribution in [0, 0.1) is 0 Å². The van der Waals surface area contributed by atoms with Crippen LogP contribution in [0.1, 0.15) is 12.5 Å². The van der Waals surface area contributed by atoms with Crippen LogP contribution < -0.4 is 25.0 Å². The first-order valence-electron chi connectivity index (χ1n) is 11.4. The van der Waals surface area contributed by atoms with Crippen LogP contribution in [-0.4, -0.2) is 42.1 Å². The molecule has 1 saturated heterocycles. The molecule has 1 heterocycles. The third-order valence-electron chi connectivity index (χ3n) is 5.27. The van der Waals surface area contributed by atoms with E-state index in [9.17, 15) is 24.3 Å². The number of imide groups is 2. The summed E-state index contributed by atoms with van der Waals surface area (Å²) in [5, 5.41) is 14.9. The lowest BCUT2D eigenvalue weighted by Crippen LogP contribution is -2.54. The Morgan fingerprint density at radius 2 is 1.71 bits per heavy atom. The zero-order chi connectivity index (χ0) is 27.2. The predicted octanol–water partition coefficient (Wildman–Crippen LogP) is 4.13. The zero-order valence-corrected chi connectivity index (χ0v) is 20.8. The Kier molecular flexibility index (Phi) is 7.93. The summed E-state index contributed by atoms with van der Waals surface area (Å²) in [4.78, 5) is 51.0. The molecule has 3 N–H and O–H groups in total. The van der Waals surface area contributed by atoms with Crippen molar-refractivity contribution in [3.05, 3.63) is 82.9 Å². The summed E-state index contributed by atoms with van der Waals surface area (Å²) < 4.78 is 11.3. The molecule has 3 aromatic rings. The van der Waals surface area contributed by atoms with Crippen molar-refractivity contribution < 1.29 is 33.8 Å². The molecule has 1 aliphatic heterocycles. The van der Waals surface area contributed by atoms with Gasteiger partial charge in [-0.05, 0) is 79.2 Å². The molecular formula is C27H22ClN3O7. The van der Waals surface area contributed by atoms with Crippen molar-refractivity contribution in [3.63, 3.8) is 0 Å². The van der Waals surface area contributed by atoms with Gasteiger partial charge in [0.05, 0.1) is 12.3 Å². The van der Waals surface area contributed by atoms with Crippen LogP contribution in [0.2, 0.25) is 5.02 Å². The van der Waals surface area contributed by atoms with E-state index < -0.39 is 23.8 Å². The number of urea groups is 1.